The lowest BCUT2D eigenvalue weighted by Gasteiger charge is -2.28. The summed E-state index contributed by atoms with van der Waals surface area (Å²) in [6.45, 7) is 8.91. The number of hydrogen-bond donors (Lipinski definition) is 1. The number of carbonyl (C=O) groups is 1. The monoisotopic (exact) mass is 387 g/mol. The molecular weight excluding hydrogens is 362 g/mol. The molecular formula is C20H25N3O3S. The van der Waals surface area contributed by atoms with Crippen LogP contribution in [0.15, 0.2) is 29.6 Å². The van der Waals surface area contributed by atoms with Crippen LogP contribution in [-0.4, -0.2) is 43.0 Å². The van der Waals surface area contributed by atoms with E-state index in [-0.39, 0.29) is 0 Å². The third kappa shape index (κ3) is 6.08. The molecule has 2 aromatic rings. The number of ether oxygens (including phenoxy) is 2. The zero-order valence-electron chi connectivity index (χ0n) is 15.9. The predicted octanol–water partition coefficient (Wildman–Crippen LogP) is 4.50. The second kappa shape index (κ2) is 8.54. The van der Waals surface area contributed by atoms with Gasteiger partial charge in [-0.2, -0.15) is 0 Å². The summed E-state index contributed by atoms with van der Waals surface area (Å²) in [5.74, 6) is 0. The fraction of sp³-hybridized carbons (Fsp3) is 0.400. The van der Waals surface area contributed by atoms with Gasteiger partial charge in [-0.05, 0) is 44.5 Å². The largest absolute Gasteiger partial charge is 0.444 e. The smallest absolute Gasteiger partial charge is 0.413 e. The number of nitrogens with one attached hydrogen (secondary N) is 1. The molecule has 1 fully saturated rings. The van der Waals surface area contributed by atoms with Gasteiger partial charge >= 0.3 is 6.09 Å². The van der Waals surface area contributed by atoms with Crippen molar-refractivity contribution in [2.24, 2.45) is 0 Å². The summed E-state index contributed by atoms with van der Waals surface area (Å²) in [6, 6.07) is 8.43. The van der Waals surface area contributed by atoms with Gasteiger partial charge in [-0.3, -0.25) is 5.32 Å². The first-order chi connectivity index (χ1) is 12.9. The number of nitrogens with zero attached hydrogens (tertiary/aromatic N) is 2. The molecule has 0 aliphatic carbocycles. The molecule has 1 saturated heterocycles. The maximum atomic E-state index is 11.8. The number of anilines is 2. The van der Waals surface area contributed by atoms with Gasteiger partial charge in [0.1, 0.15) is 5.60 Å². The van der Waals surface area contributed by atoms with Crippen LogP contribution in [-0.2, 0) is 9.47 Å². The predicted molar refractivity (Wildman–Crippen MR) is 110 cm³/mol. The zero-order valence-corrected chi connectivity index (χ0v) is 16.7. The molecule has 0 unspecified atom stereocenters. The third-order valence-corrected chi connectivity index (χ3v) is 4.62. The minimum Gasteiger partial charge on any atom is -0.444 e. The normalized spacial score (nSPS) is 15.1. The Labute approximate surface area is 163 Å². The van der Waals surface area contributed by atoms with E-state index in [1.54, 1.807) is 0 Å². The molecule has 7 heteroatoms. The molecule has 6 nitrogen and oxygen atoms in total. The van der Waals surface area contributed by atoms with Crippen LogP contribution in [0.1, 0.15) is 32.0 Å². The van der Waals surface area contributed by atoms with E-state index in [0.717, 1.165) is 37.6 Å². The van der Waals surface area contributed by atoms with E-state index in [1.165, 1.54) is 17.0 Å². The summed E-state index contributed by atoms with van der Waals surface area (Å²) in [5.41, 5.74) is 2.58. The first kappa shape index (κ1) is 19.4. The number of morpholine rings is 1. The van der Waals surface area contributed by atoms with Crippen molar-refractivity contribution in [3.8, 4) is 0 Å². The second-order valence-corrected chi connectivity index (χ2v) is 8.09. The molecule has 0 spiro atoms. The van der Waals surface area contributed by atoms with Crippen LogP contribution in [0.5, 0.6) is 0 Å². The zero-order chi connectivity index (χ0) is 19.3. The Hall–Kier alpha value is -2.38. The molecule has 0 radical (unpaired) electrons. The fourth-order valence-electron chi connectivity index (χ4n) is 2.61. The van der Waals surface area contributed by atoms with Crippen molar-refractivity contribution in [3.63, 3.8) is 0 Å². The van der Waals surface area contributed by atoms with E-state index in [1.807, 2.05) is 38.3 Å². The van der Waals surface area contributed by atoms with Gasteiger partial charge in [-0.1, -0.05) is 18.2 Å². The number of thiazole rings is 1. The highest BCUT2D eigenvalue weighted by Crippen LogP contribution is 2.20. The molecule has 1 N–H and O–H groups in total. The molecule has 1 aromatic heterocycles. The molecule has 27 heavy (non-hydrogen) atoms. The Balaban J connectivity index is 1.56. The molecule has 3 rings (SSSR count). The molecule has 1 amide bonds. The highest BCUT2D eigenvalue weighted by molar-refractivity contribution is 7.14. The van der Waals surface area contributed by atoms with E-state index in [0.29, 0.717) is 5.13 Å². The van der Waals surface area contributed by atoms with Crippen molar-refractivity contribution in [1.82, 2.24) is 4.98 Å². The summed E-state index contributed by atoms with van der Waals surface area (Å²) in [5, 5.41) is 5.07. The van der Waals surface area contributed by atoms with Gasteiger partial charge in [0.15, 0.2) is 5.13 Å². The van der Waals surface area contributed by atoms with E-state index >= 15 is 0 Å². The van der Waals surface area contributed by atoms with E-state index in [2.05, 4.69) is 39.5 Å². The van der Waals surface area contributed by atoms with Crippen LogP contribution in [0.4, 0.5) is 15.6 Å². The van der Waals surface area contributed by atoms with Crippen LogP contribution in [0.25, 0.3) is 12.2 Å². The topological polar surface area (TPSA) is 63.7 Å². The van der Waals surface area contributed by atoms with E-state index < -0.39 is 11.7 Å². The lowest BCUT2D eigenvalue weighted by atomic mass is 10.1. The number of amides is 1. The molecule has 0 bridgehead atoms. The summed E-state index contributed by atoms with van der Waals surface area (Å²) in [7, 11) is 0. The van der Waals surface area contributed by atoms with Crippen molar-refractivity contribution >= 4 is 40.4 Å². The van der Waals surface area contributed by atoms with Crippen LogP contribution in [0.2, 0.25) is 0 Å². The number of rotatable bonds is 4. The highest BCUT2D eigenvalue weighted by Gasteiger charge is 2.17. The summed E-state index contributed by atoms with van der Waals surface area (Å²) < 4.78 is 10.6. The Morgan fingerprint density at radius 3 is 2.59 bits per heavy atom. The standard InChI is InChI=1S/C20H25N3O3S/c1-20(2,3)26-19(24)22-18-21-16(14-27-18)7-4-15-5-8-17(9-6-15)23-10-12-25-13-11-23/h4-9,14H,10-13H2,1-3H3,(H,21,22,24). The average molecular weight is 388 g/mol. The second-order valence-electron chi connectivity index (χ2n) is 7.23. The van der Waals surface area contributed by atoms with Crippen LogP contribution < -0.4 is 10.2 Å². The summed E-state index contributed by atoms with van der Waals surface area (Å²) >= 11 is 1.37. The molecule has 1 aliphatic rings. The number of aromatic nitrogens is 1. The first-order valence-corrected chi connectivity index (χ1v) is 9.83. The van der Waals surface area contributed by atoms with Crippen LogP contribution in [0, 0.1) is 0 Å². The maximum Gasteiger partial charge on any atom is 0.413 e. The van der Waals surface area contributed by atoms with Gasteiger partial charge in [0.05, 0.1) is 18.9 Å². The Morgan fingerprint density at radius 2 is 1.93 bits per heavy atom. The van der Waals surface area contributed by atoms with Crippen molar-refractivity contribution in [3.05, 3.63) is 40.9 Å². The van der Waals surface area contributed by atoms with Gasteiger partial charge in [-0.25, -0.2) is 9.78 Å². The molecule has 1 aliphatic heterocycles. The van der Waals surface area contributed by atoms with E-state index in [4.69, 9.17) is 9.47 Å². The number of benzene rings is 1. The molecule has 2 heterocycles. The van der Waals surface area contributed by atoms with Gasteiger partial charge in [-0.15, -0.1) is 11.3 Å². The number of carbonyl (C=O) groups excluding carboxylic acids is 1. The Kier molecular flexibility index (Phi) is 6.13. The third-order valence-electron chi connectivity index (χ3n) is 3.85. The highest BCUT2D eigenvalue weighted by atomic mass is 32.1. The first-order valence-electron chi connectivity index (χ1n) is 8.95. The van der Waals surface area contributed by atoms with Gasteiger partial charge in [0.2, 0.25) is 0 Å². The quantitative estimate of drug-likeness (QED) is 0.837. The van der Waals surface area contributed by atoms with Crippen molar-refractivity contribution in [1.29, 1.82) is 0 Å². The summed E-state index contributed by atoms with van der Waals surface area (Å²) in [6.07, 6.45) is 3.45. The van der Waals surface area contributed by atoms with Crippen LogP contribution in [0.3, 0.4) is 0 Å². The minimum atomic E-state index is -0.530. The maximum absolute atomic E-state index is 11.8. The lowest BCUT2D eigenvalue weighted by molar-refractivity contribution is 0.0636. The minimum absolute atomic E-state index is 0.494. The molecule has 144 valence electrons. The number of hydrogen-bond acceptors (Lipinski definition) is 6. The average Bonchev–Trinajstić information content (AvgIpc) is 3.07. The van der Waals surface area contributed by atoms with E-state index in [9.17, 15) is 4.79 Å². The van der Waals surface area contributed by atoms with Crippen LogP contribution >= 0.6 is 11.3 Å². The Morgan fingerprint density at radius 1 is 1.22 bits per heavy atom. The van der Waals surface area contributed by atoms with Gasteiger partial charge < -0.3 is 14.4 Å². The molecule has 0 saturated carbocycles. The van der Waals surface area contributed by atoms with Gasteiger partial charge in [0, 0.05) is 24.2 Å². The lowest BCUT2D eigenvalue weighted by Crippen LogP contribution is -2.36. The SMILES string of the molecule is CC(C)(C)OC(=O)Nc1nc(C=Cc2ccc(N3CCOCC3)cc2)cs1. The van der Waals surface area contributed by atoms with Crippen molar-refractivity contribution in [2.75, 3.05) is 36.5 Å². The van der Waals surface area contributed by atoms with Crippen molar-refractivity contribution < 1.29 is 14.3 Å². The molecule has 0 atom stereocenters. The summed E-state index contributed by atoms with van der Waals surface area (Å²) in [4.78, 5) is 18.5. The fourth-order valence-corrected chi connectivity index (χ4v) is 3.27. The molecule has 1 aromatic carbocycles. The Bertz CT molecular complexity index is 788. The van der Waals surface area contributed by atoms with Crippen molar-refractivity contribution in [2.45, 2.75) is 26.4 Å². The van der Waals surface area contributed by atoms with Gasteiger partial charge in [0.25, 0.3) is 0 Å².